The normalized spacial score (nSPS) is 20.3. The van der Waals surface area contributed by atoms with Crippen LogP contribution in [0.2, 0.25) is 0 Å². The first-order valence-electron chi connectivity index (χ1n) is 5.88. The van der Waals surface area contributed by atoms with E-state index in [2.05, 4.69) is 5.32 Å². The molecule has 0 radical (unpaired) electrons. The molecule has 1 rings (SSSR count). The lowest BCUT2D eigenvalue weighted by Crippen LogP contribution is -2.49. The summed E-state index contributed by atoms with van der Waals surface area (Å²) >= 11 is 0. The van der Waals surface area contributed by atoms with E-state index in [-0.39, 0.29) is 18.4 Å². The van der Waals surface area contributed by atoms with Crippen LogP contribution >= 0.6 is 0 Å². The van der Waals surface area contributed by atoms with Gasteiger partial charge < -0.3 is 20.1 Å². The maximum absolute atomic E-state index is 11.9. The molecule has 2 N–H and O–H groups in total. The second-order valence-corrected chi connectivity index (χ2v) is 4.12. The van der Waals surface area contributed by atoms with Gasteiger partial charge in [-0.3, -0.25) is 9.59 Å². The van der Waals surface area contributed by atoms with Gasteiger partial charge in [-0.15, -0.1) is 0 Å². The zero-order chi connectivity index (χ0) is 12.7. The van der Waals surface area contributed by atoms with E-state index in [0.717, 1.165) is 13.0 Å². The van der Waals surface area contributed by atoms with Crippen molar-refractivity contribution in [2.45, 2.75) is 25.3 Å². The Morgan fingerprint density at radius 2 is 2.29 bits per heavy atom. The number of nitrogens with zero attached hydrogens (tertiary/aromatic N) is 1. The van der Waals surface area contributed by atoms with Gasteiger partial charge in [0.15, 0.2) is 0 Å². The zero-order valence-corrected chi connectivity index (χ0v) is 10.1. The van der Waals surface area contributed by atoms with Crippen molar-refractivity contribution in [2.75, 3.05) is 33.4 Å². The van der Waals surface area contributed by atoms with E-state index < -0.39 is 5.97 Å². The van der Waals surface area contributed by atoms with Gasteiger partial charge >= 0.3 is 5.97 Å². The van der Waals surface area contributed by atoms with Crippen molar-refractivity contribution in [3.8, 4) is 0 Å². The monoisotopic (exact) mass is 244 g/mol. The first kappa shape index (κ1) is 13.9. The number of nitrogens with one attached hydrogen (secondary N) is 1. The van der Waals surface area contributed by atoms with Crippen LogP contribution in [0.3, 0.4) is 0 Å². The molecule has 17 heavy (non-hydrogen) atoms. The van der Waals surface area contributed by atoms with Crippen LogP contribution in [0.1, 0.15) is 19.3 Å². The molecular formula is C11H20N2O4. The number of carbonyl (C=O) groups is 2. The summed E-state index contributed by atoms with van der Waals surface area (Å²) in [5.41, 5.74) is 0. The molecule has 6 heteroatoms. The molecule has 1 aliphatic heterocycles. The maximum Gasteiger partial charge on any atom is 0.305 e. The number of aliphatic carboxylic acids is 1. The number of hydrogen-bond donors (Lipinski definition) is 2. The predicted molar refractivity (Wildman–Crippen MR) is 61.7 cm³/mol. The first-order chi connectivity index (χ1) is 8.15. The fraction of sp³-hybridized carbons (Fsp3) is 0.818. The molecule has 1 atom stereocenters. The highest BCUT2D eigenvalue weighted by atomic mass is 16.5. The van der Waals surface area contributed by atoms with E-state index in [4.69, 9.17) is 9.84 Å². The summed E-state index contributed by atoms with van der Waals surface area (Å²) in [5, 5.41) is 11.8. The Hall–Kier alpha value is -1.14. The zero-order valence-electron chi connectivity index (χ0n) is 10.1. The average Bonchev–Trinajstić information content (AvgIpc) is 2.29. The van der Waals surface area contributed by atoms with Crippen molar-refractivity contribution in [3.63, 3.8) is 0 Å². The van der Waals surface area contributed by atoms with Gasteiger partial charge in [-0.25, -0.2) is 0 Å². The van der Waals surface area contributed by atoms with Gasteiger partial charge in [0.1, 0.15) is 0 Å². The van der Waals surface area contributed by atoms with Crippen LogP contribution in [0.15, 0.2) is 0 Å². The van der Waals surface area contributed by atoms with Gasteiger partial charge in [-0.2, -0.15) is 0 Å². The Morgan fingerprint density at radius 3 is 2.94 bits per heavy atom. The third-order valence-electron chi connectivity index (χ3n) is 2.78. The van der Waals surface area contributed by atoms with Crippen molar-refractivity contribution in [1.29, 1.82) is 0 Å². The number of rotatable bonds is 6. The molecule has 6 nitrogen and oxygen atoms in total. The lowest BCUT2D eigenvalue weighted by atomic mass is 10.1. The van der Waals surface area contributed by atoms with Crippen LogP contribution < -0.4 is 5.32 Å². The van der Waals surface area contributed by atoms with Crippen LogP contribution in [0, 0.1) is 0 Å². The molecule has 0 aromatic carbocycles. The van der Waals surface area contributed by atoms with Crippen LogP contribution in [-0.2, 0) is 14.3 Å². The molecule has 0 spiro atoms. The molecule has 1 amide bonds. The third-order valence-corrected chi connectivity index (χ3v) is 2.78. The number of carboxylic acids is 1. The van der Waals surface area contributed by atoms with Crippen LogP contribution in [-0.4, -0.2) is 61.3 Å². The maximum atomic E-state index is 11.9. The first-order valence-corrected chi connectivity index (χ1v) is 5.88. The topological polar surface area (TPSA) is 78.9 Å². The number of carbonyl (C=O) groups excluding carboxylic acids is 1. The van der Waals surface area contributed by atoms with Gasteiger partial charge in [0.25, 0.3) is 0 Å². The standard InChI is InChI=1S/C11H20N2O4/c1-12-4-2-3-10(14)13-5-6-17-8-9(13)7-11(15)16/h9,12H,2-8H2,1H3,(H,15,16). The minimum Gasteiger partial charge on any atom is -0.481 e. The van der Waals surface area contributed by atoms with Crippen LogP contribution in [0.4, 0.5) is 0 Å². The lowest BCUT2D eigenvalue weighted by molar-refractivity contribution is -0.146. The highest BCUT2D eigenvalue weighted by Crippen LogP contribution is 2.12. The summed E-state index contributed by atoms with van der Waals surface area (Å²) in [6.07, 6.45) is 1.18. The summed E-state index contributed by atoms with van der Waals surface area (Å²) in [4.78, 5) is 24.3. The second-order valence-electron chi connectivity index (χ2n) is 4.12. The van der Waals surface area contributed by atoms with Crippen molar-refractivity contribution in [3.05, 3.63) is 0 Å². The number of morpholine rings is 1. The quantitative estimate of drug-likeness (QED) is 0.626. The van der Waals surface area contributed by atoms with E-state index in [9.17, 15) is 9.59 Å². The van der Waals surface area contributed by atoms with Crippen LogP contribution in [0.25, 0.3) is 0 Å². The minimum atomic E-state index is -0.895. The molecule has 1 unspecified atom stereocenters. The molecule has 0 aromatic rings. The van der Waals surface area contributed by atoms with Gasteiger partial charge in [0, 0.05) is 13.0 Å². The summed E-state index contributed by atoms with van der Waals surface area (Å²) < 4.78 is 5.22. The molecular weight excluding hydrogens is 224 g/mol. The Labute approximate surface area is 101 Å². The summed E-state index contributed by atoms with van der Waals surface area (Å²) in [6, 6.07) is -0.316. The van der Waals surface area contributed by atoms with Crippen LogP contribution in [0.5, 0.6) is 0 Å². The van der Waals surface area contributed by atoms with Gasteiger partial charge in [0.05, 0.1) is 25.7 Å². The Morgan fingerprint density at radius 1 is 1.53 bits per heavy atom. The second kappa shape index (κ2) is 7.24. The molecule has 0 saturated carbocycles. The van der Waals surface area contributed by atoms with Gasteiger partial charge in [-0.1, -0.05) is 0 Å². The highest BCUT2D eigenvalue weighted by Gasteiger charge is 2.28. The molecule has 1 heterocycles. The lowest BCUT2D eigenvalue weighted by Gasteiger charge is -2.35. The van der Waals surface area contributed by atoms with E-state index in [0.29, 0.717) is 26.2 Å². The molecule has 1 aliphatic rings. The number of amides is 1. The summed E-state index contributed by atoms with van der Waals surface area (Å²) in [5.74, 6) is -0.872. The molecule has 1 fully saturated rings. The van der Waals surface area contributed by atoms with Crippen molar-refractivity contribution in [2.24, 2.45) is 0 Å². The van der Waals surface area contributed by atoms with Crippen molar-refractivity contribution < 1.29 is 19.4 Å². The third kappa shape index (κ3) is 4.70. The molecule has 0 bridgehead atoms. The number of ether oxygens (including phenoxy) is 1. The van der Waals surface area contributed by atoms with E-state index >= 15 is 0 Å². The summed E-state index contributed by atoms with van der Waals surface area (Å²) in [7, 11) is 1.84. The SMILES string of the molecule is CNCCCC(=O)N1CCOCC1CC(=O)O. The molecule has 0 aromatic heterocycles. The average molecular weight is 244 g/mol. The Bertz CT molecular complexity index is 270. The Balaban J connectivity index is 2.45. The summed E-state index contributed by atoms with van der Waals surface area (Å²) in [6.45, 7) is 2.11. The van der Waals surface area contributed by atoms with E-state index in [1.54, 1.807) is 4.90 Å². The fourth-order valence-corrected chi connectivity index (χ4v) is 1.91. The minimum absolute atomic E-state index is 0.0230. The smallest absolute Gasteiger partial charge is 0.305 e. The molecule has 1 saturated heterocycles. The van der Waals surface area contributed by atoms with E-state index in [1.165, 1.54) is 0 Å². The van der Waals surface area contributed by atoms with Gasteiger partial charge in [-0.05, 0) is 20.0 Å². The molecule has 98 valence electrons. The predicted octanol–water partition coefficient (Wildman–Crippen LogP) is -0.312. The fourth-order valence-electron chi connectivity index (χ4n) is 1.91. The van der Waals surface area contributed by atoms with Gasteiger partial charge in [0.2, 0.25) is 5.91 Å². The van der Waals surface area contributed by atoms with E-state index in [1.807, 2.05) is 7.05 Å². The Kier molecular flexibility index (Phi) is 5.93. The largest absolute Gasteiger partial charge is 0.481 e. The van der Waals surface area contributed by atoms with Crippen molar-refractivity contribution >= 4 is 11.9 Å². The molecule has 0 aliphatic carbocycles. The number of carboxylic acid groups (broad SMARTS) is 1. The highest BCUT2D eigenvalue weighted by molar-refractivity contribution is 5.77. The number of hydrogen-bond acceptors (Lipinski definition) is 4. The van der Waals surface area contributed by atoms with Crippen molar-refractivity contribution in [1.82, 2.24) is 10.2 Å².